The number of aryl methyl sites for hydroxylation is 1. The van der Waals surface area contributed by atoms with Crippen molar-refractivity contribution in [3.63, 3.8) is 0 Å². The van der Waals surface area contributed by atoms with Gasteiger partial charge in [-0.15, -0.1) is 0 Å². The minimum atomic E-state index is -0.350. The van der Waals surface area contributed by atoms with Gasteiger partial charge in [-0.25, -0.2) is 0 Å². The molecule has 190 valence electrons. The van der Waals surface area contributed by atoms with E-state index in [2.05, 4.69) is 10.2 Å². The van der Waals surface area contributed by atoms with Gasteiger partial charge >= 0.3 is 0 Å². The van der Waals surface area contributed by atoms with Crippen LogP contribution in [0.15, 0.2) is 34.7 Å². The summed E-state index contributed by atoms with van der Waals surface area (Å²) in [5.41, 5.74) is 1.05. The van der Waals surface area contributed by atoms with Crippen LogP contribution in [0, 0.1) is 12.8 Å². The van der Waals surface area contributed by atoms with Crippen LogP contribution in [0.1, 0.15) is 29.5 Å². The molecule has 0 aliphatic carbocycles. The summed E-state index contributed by atoms with van der Waals surface area (Å²) >= 11 is 0. The maximum absolute atomic E-state index is 13.0. The highest BCUT2D eigenvalue weighted by Crippen LogP contribution is 2.28. The second-order valence-electron chi connectivity index (χ2n) is 9.04. The highest BCUT2D eigenvalue weighted by atomic mass is 16.5. The number of likely N-dealkylation sites (tertiary alicyclic amines) is 1. The van der Waals surface area contributed by atoms with Crippen molar-refractivity contribution in [1.82, 2.24) is 15.1 Å². The Morgan fingerprint density at radius 3 is 2.60 bits per heavy atom. The van der Waals surface area contributed by atoms with Crippen molar-refractivity contribution in [1.29, 1.82) is 0 Å². The van der Waals surface area contributed by atoms with Gasteiger partial charge in [0.1, 0.15) is 11.5 Å². The van der Waals surface area contributed by atoms with Crippen LogP contribution in [0.5, 0.6) is 11.5 Å². The molecule has 0 spiro atoms. The van der Waals surface area contributed by atoms with Crippen LogP contribution in [0.3, 0.4) is 0 Å². The maximum atomic E-state index is 13.0. The van der Waals surface area contributed by atoms with Crippen molar-refractivity contribution >= 4 is 11.8 Å². The summed E-state index contributed by atoms with van der Waals surface area (Å²) in [6.45, 7) is 6.23. The van der Waals surface area contributed by atoms with Crippen LogP contribution in [0.25, 0.3) is 0 Å². The zero-order chi connectivity index (χ0) is 24.8. The highest BCUT2D eigenvalue weighted by molar-refractivity contribution is 5.89. The number of amides is 2. The molecule has 2 aliphatic rings. The average molecular weight is 486 g/mol. The molecule has 1 aromatic carbocycles. The summed E-state index contributed by atoms with van der Waals surface area (Å²) in [4.78, 5) is 29.7. The molecule has 1 N–H and O–H groups in total. The van der Waals surface area contributed by atoms with E-state index in [4.69, 9.17) is 18.6 Å². The van der Waals surface area contributed by atoms with Crippen molar-refractivity contribution in [2.24, 2.45) is 5.92 Å². The number of carbonyl (C=O) groups excluding carboxylic acids is 2. The third-order valence-corrected chi connectivity index (χ3v) is 6.75. The van der Waals surface area contributed by atoms with Crippen molar-refractivity contribution in [3.8, 4) is 11.5 Å². The van der Waals surface area contributed by atoms with Crippen LogP contribution in [0.4, 0.5) is 0 Å². The van der Waals surface area contributed by atoms with Crippen LogP contribution >= 0.6 is 0 Å². The van der Waals surface area contributed by atoms with Crippen LogP contribution < -0.4 is 14.8 Å². The molecular formula is C26H35N3O6. The standard InChI is InChI=1S/C26H35N3O6/c1-18-4-6-22(35-18)21(28-10-12-34-13-11-28)16-27-26(31)20-15-25(30)29(17-20)9-8-19-5-7-23(32-2)24(14-19)33-3/h4-7,14,20-21H,8-13,15-17H2,1-3H3,(H,27,31). The lowest BCUT2D eigenvalue weighted by Gasteiger charge is -2.33. The minimum Gasteiger partial charge on any atom is -0.493 e. The first-order chi connectivity index (χ1) is 17.0. The Morgan fingerprint density at radius 2 is 1.91 bits per heavy atom. The number of furan rings is 1. The zero-order valence-corrected chi connectivity index (χ0v) is 20.7. The third-order valence-electron chi connectivity index (χ3n) is 6.75. The number of nitrogens with zero attached hydrogens (tertiary/aromatic N) is 2. The Balaban J connectivity index is 1.31. The summed E-state index contributed by atoms with van der Waals surface area (Å²) in [5.74, 6) is 2.59. The van der Waals surface area contributed by atoms with Crippen molar-refractivity contribution < 1.29 is 28.2 Å². The fourth-order valence-electron chi connectivity index (χ4n) is 4.74. The molecule has 2 amide bonds. The normalized spacial score (nSPS) is 19.6. The van der Waals surface area contributed by atoms with E-state index in [-0.39, 0.29) is 30.2 Å². The monoisotopic (exact) mass is 485 g/mol. The summed E-state index contributed by atoms with van der Waals surface area (Å²) in [7, 11) is 3.20. The van der Waals surface area contributed by atoms with E-state index in [0.717, 1.165) is 30.2 Å². The van der Waals surface area contributed by atoms with Crippen LogP contribution in [-0.4, -0.2) is 81.8 Å². The quantitative estimate of drug-likeness (QED) is 0.551. The first kappa shape index (κ1) is 25.1. The van der Waals surface area contributed by atoms with Gasteiger partial charge in [0.05, 0.1) is 39.4 Å². The Morgan fingerprint density at radius 1 is 1.14 bits per heavy atom. The van der Waals surface area contributed by atoms with E-state index < -0.39 is 0 Å². The van der Waals surface area contributed by atoms with Gasteiger partial charge < -0.3 is 28.8 Å². The number of benzene rings is 1. The largest absolute Gasteiger partial charge is 0.493 e. The number of nitrogens with one attached hydrogen (secondary N) is 1. The maximum Gasteiger partial charge on any atom is 0.225 e. The molecule has 35 heavy (non-hydrogen) atoms. The molecule has 2 unspecified atom stereocenters. The van der Waals surface area contributed by atoms with E-state index in [1.807, 2.05) is 37.3 Å². The van der Waals surface area contributed by atoms with Crippen LogP contribution in [0.2, 0.25) is 0 Å². The van der Waals surface area contributed by atoms with Crippen molar-refractivity contribution in [2.45, 2.75) is 25.8 Å². The van der Waals surface area contributed by atoms with Crippen LogP contribution in [-0.2, 0) is 20.7 Å². The van der Waals surface area contributed by atoms with E-state index in [9.17, 15) is 9.59 Å². The number of hydrogen-bond acceptors (Lipinski definition) is 7. The number of morpholine rings is 1. The van der Waals surface area contributed by atoms with E-state index in [0.29, 0.717) is 50.8 Å². The predicted molar refractivity (Wildman–Crippen MR) is 130 cm³/mol. The Labute approximate surface area is 206 Å². The number of methoxy groups -OCH3 is 2. The van der Waals surface area contributed by atoms with Crippen molar-refractivity contribution in [3.05, 3.63) is 47.4 Å². The highest BCUT2D eigenvalue weighted by Gasteiger charge is 2.35. The fourth-order valence-corrected chi connectivity index (χ4v) is 4.74. The Hall–Kier alpha value is -3.04. The van der Waals surface area contributed by atoms with Gasteiger partial charge in [-0.3, -0.25) is 14.5 Å². The first-order valence-electron chi connectivity index (χ1n) is 12.1. The van der Waals surface area contributed by atoms with Gasteiger partial charge in [0.2, 0.25) is 11.8 Å². The van der Waals surface area contributed by atoms with Gasteiger partial charge in [0, 0.05) is 39.1 Å². The molecule has 9 nitrogen and oxygen atoms in total. The van der Waals surface area contributed by atoms with E-state index in [1.54, 1.807) is 19.1 Å². The van der Waals surface area contributed by atoms with Gasteiger partial charge in [-0.1, -0.05) is 6.07 Å². The minimum absolute atomic E-state index is 0.0111. The fraction of sp³-hybridized carbons (Fsp3) is 0.538. The number of carbonyl (C=O) groups is 2. The molecular weight excluding hydrogens is 450 g/mol. The molecule has 0 saturated carbocycles. The molecule has 0 radical (unpaired) electrons. The zero-order valence-electron chi connectivity index (χ0n) is 20.7. The Bertz CT molecular complexity index is 1020. The third kappa shape index (κ3) is 6.15. The summed E-state index contributed by atoms with van der Waals surface area (Å²) < 4.78 is 22.0. The molecule has 3 heterocycles. The molecule has 2 saturated heterocycles. The van der Waals surface area contributed by atoms with Crippen molar-refractivity contribution in [2.75, 3.05) is 60.2 Å². The molecule has 2 fully saturated rings. The number of hydrogen-bond donors (Lipinski definition) is 1. The average Bonchev–Trinajstić information content (AvgIpc) is 3.48. The van der Waals surface area contributed by atoms with E-state index >= 15 is 0 Å². The summed E-state index contributed by atoms with van der Waals surface area (Å²) in [6, 6.07) is 9.60. The molecule has 0 bridgehead atoms. The second-order valence-corrected chi connectivity index (χ2v) is 9.04. The molecule has 2 atom stereocenters. The molecule has 9 heteroatoms. The Kier molecular flexibility index (Phi) is 8.30. The second kappa shape index (κ2) is 11.6. The molecule has 2 aromatic rings. The van der Waals surface area contributed by atoms with Gasteiger partial charge in [-0.2, -0.15) is 0 Å². The summed E-state index contributed by atoms with van der Waals surface area (Å²) in [5, 5.41) is 3.08. The van der Waals surface area contributed by atoms with Gasteiger partial charge in [0.25, 0.3) is 0 Å². The lowest BCUT2D eigenvalue weighted by molar-refractivity contribution is -0.129. The lowest BCUT2D eigenvalue weighted by Crippen LogP contribution is -2.44. The molecule has 2 aliphatic heterocycles. The molecule has 1 aromatic heterocycles. The van der Waals surface area contributed by atoms with E-state index in [1.165, 1.54) is 0 Å². The topological polar surface area (TPSA) is 93.5 Å². The first-order valence-corrected chi connectivity index (χ1v) is 12.1. The lowest BCUT2D eigenvalue weighted by atomic mass is 10.1. The molecule has 4 rings (SSSR count). The smallest absolute Gasteiger partial charge is 0.225 e. The van der Waals surface area contributed by atoms with Gasteiger partial charge in [-0.05, 0) is 43.2 Å². The van der Waals surface area contributed by atoms with Gasteiger partial charge in [0.15, 0.2) is 11.5 Å². The summed E-state index contributed by atoms with van der Waals surface area (Å²) in [6.07, 6.45) is 0.914. The SMILES string of the molecule is COc1ccc(CCN2CC(C(=O)NCC(c3ccc(C)o3)N3CCOCC3)CC2=O)cc1OC. The predicted octanol–water partition coefficient (Wildman–Crippen LogP) is 2.19. The number of ether oxygens (including phenoxy) is 3. The number of rotatable bonds is 10.